The van der Waals surface area contributed by atoms with Crippen LogP contribution < -0.4 is 19.9 Å². The number of nitro benzene ring substituents is 1. The van der Waals surface area contributed by atoms with Gasteiger partial charge in [-0.15, -0.1) is 0 Å². The Balaban J connectivity index is 0.000000782. The summed E-state index contributed by atoms with van der Waals surface area (Å²) in [7, 11) is -2.53. The Morgan fingerprint density at radius 1 is 1.14 bits per heavy atom. The monoisotopic (exact) mass is 616 g/mol. The van der Waals surface area contributed by atoms with Crippen molar-refractivity contribution in [2.75, 3.05) is 7.11 Å². The number of sulfonamides is 1. The van der Waals surface area contributed by atoms with Crippen molar-refractivity contribution in [2.45, 2.75) is 49.2 Å². The molecule has 2 aromatic carbocycles. The highest BCUT2D eigenvalue weighted by Crippen LogP contribution is 2.21. The molecule has 0 saturated heterocycles. The molecule has 1 heterocycles. The fourth-order valence-electron chi connectivity index (χ4n) is 3.62. The number of aliphatic imine (C=N–C) groups is 1. The molecule has 0 amide bonds. The first-order valence-electron chi connectivity index (χ1n) is 12.2. The number of unbranched alkanes of at least 4 members (excludes halogenated alkanes) is 2. The smallest absolute Gasteiger partial charge is 0.430 e. The van der Waals surface area contributed by atoms with Crippen LogP contribution in [0.1, 0.15) is 37.7 Å². The molecule has 3 rings (SSSR count). The molecular weight excluding hydrogens is 589 g/mol. The lowest BCUT2D eigenvalue weighted by Crippen LogP contribution is -2.87. The molecule has 1 aliphatic rings. The van der Waals surface area contributed by atoms with Crippen molar-refractivity contribution in [3.05, 3.63) is 70.4 Å². The van der Waals surface area contributed by atoms with E-state index in [1.165, 1.54) is 18.2 Å². The Kier molecular flexibility index (Phi) is 12.1. The van der Waals surface area contributed by atoms with Crippen LogP contribution >= 0.6 is 0 Å². The number of carbonyl (C=O) groups excluding carboxylic acids is 1. The summed E-state index contributed by atoms with van der Waals surface area (Å²) < 4.78 is 65.6. The first-order chi connectivity index (χ1) is 19.6. The van der Waals surface area contributed by atoms with Gasteiger partial charge in [0.05, 0.1) is 23.1 Å². The van der Waals surface area contributed by atoms with E-state index >= 15 is 0 Å². The van der Waals surface area contributed by atoms with E-state index in [1.54, 1.807) is 18.6 Å². The first-order valence-corrected chi connectivity index (χ1v) is 13.7. The van der Waals surface area contributed by atoms with Crippen molar-refractivity contribution in [3.63, 3.8) is 0 Å². The van der Waals surface area contributed by atoms with Crippen LogP contribution in [0.5, 0.6) is 5.75 Å². The lowest BCUT2D eigenvalue weighted by Gasteiger charge is -2.17. The van der Waals surface area contributed by atoms with Crippen LogP contribution in [-0.2, 0) is 19.6 Å². The topological polar surface area (TPSA) is 205 Å². The fraction of sp³-hybridized carbons (Fsp3) is 0.320. The van der Waals surface area contributed by atoms with E-state index in [9.17, 15) is 36.5 Å². The average molecular weight is 617 g/mol. The summed E-state index contributed by atoms with van der Waals surface area (Å²) in [6.45, 7) is 0. The van der Waals surface area contributed by atoms with E-state index in [2.05, 4.69) is 9.71 Å². The van der Waals surface area contributed by atoms with Gasteiger partial charge in [-0.2, -0.15) is 17.9 Å². The Morgan fingerprint density at radius 2 is 1.81 bits per heavy atom. The molecule has 0 unspecified atom stereocenters. The van der Waals surface area contributed by atoms with Gasteiger partial charge in [0.2, 0.25) is 15.9 Å². The van der Waals surface area contributed by atoms with Crippen molar-refractivity contribution in [1.29, 1.82) is 0 Å². The van der Waals surface area contributed by atoms with Crippen LogP contribution in [0.4, 0.5) is 18.9 Å². The molecule has 0 fully saturated rings. The van der Waals surface area contributed by atoms with Crippen LogP contribution in [0.2, 0.25) is 0 Å². The Bertz CT molecular complexity index is 1460. The van der Waals surface area contributed by atoms with E-state index < -0.39 is 39.1 Å². The highest BCUT2D eigenvalue weighted by molar-refractivity contribution is 7.89. The third-order valence-electron chi connectivity index (χ3n) is 5.67. The molecule has 0 bridgehead atoms. The Hall–Kier alpha value is -4.35. The summed E-state index contributed by atoms with van der Waals surface area (Å²) in [6, 6.07) is 11.5. The van der Waals surface area contributed by atoms with E-state index in [0.29, 0.717) is 37.3 Å². The molecule has 0 radical (unpaired) electrons. The summed E-state index contributed by atoms with van der Waals surface area (Å²) in [5.41, 5.74) is 1.30. The lowest BCUT2D eigenvalue weighted by atomic mass is 10.1. The number of benzene rings is 2. The zero-order valence-electron chi connectivity index (χ0n) is 22.0. The molecule has 0 saturated carbocycles. The molecule has 0 spiro atoms. The zero-order valence-corrected chi connectivity index (χ0v) is 22.9. The van der Waals surface area contributed by atoms with Crippen molar-refractivity contribution in [1.82, 2.24) is 4.72 Å². The SMILES string of the molecule is COc1cccc(C2=CN=C([C@H](CCCCCC(=O)O)NS(=O)(=O)c3cccc([N+](=O)[O-])c3)[NH2+]2)c1.O=C([O-])C(F)(F)F. The summed E-state index contributed by atoms with van der Waals surface area (Å²) >= 11 is 0. The quantitative estimate of drug-likeness (QED) is 0.169. The second-order valence-electron chi connectivity index (χ2n) is 8.72. The minimum Gasteiger partial charge on any atom is -0.542 e. The van der Waals surface area contributed by atoms with Crippen molar-refractivity contribution in [2.24, 2.45) is 4.99 Å². The highest BCUT2D eigenvalue weighted by atomic mass is 32.2. The number of alkyl halides is 3. The maximum Gasteiger partial charge on any atom is 0.430 e. The Morgan fingerprint density at radius 3 is 2.40 bits per heavy atom. The lowest BCUT2D eigenvalue weighted by molar-refractivity contribution is -0.434. The molecule has 1 atom stereocenters. The van der Waals surface area contributed by atoms with E-state index in [-0.39, 0.29) is 17.0 Å². The number of carboxylic acid groups (broad SMARTS) is 2. The largest absolute Gasteiger partial charge is 0.542 e. The first kappa shape index (κ1) is 33.9. The Labute approximate surface area is 237 Å². The average Bonchev–Trinajstić information content (AvgIpc) is 3.42. The number of hydrogen-bond acceptors (Lipinski definition) is 9. The van der Waals surface area contributed by atoms with Crippen LogP contribution in [0.15, 0.2) is 64.6 Å². The summed E-state index contributed by atoms with van der Waals surface area (Å²) in [5, 5.41) is 30.5. The van der Waals surface area contributed by atoms with Gasteiger partial charge in [-0.3, -0.25) is 20.2 Å². The summed E-state index contributed by atoms with van der Waals surface area (Å²) in [5.74, 6) is -2.72. The molecule has 13 nitrogen and oxygen atoms in total. The van der Waals surface area contributed by atoms with Gasteiger partial charge in [0, 0.05) is 24.1 Å². The number of hydrogen-bond donors (Lipinski definition) is 3. The van der Waals surface area contributed by atoms with Crippen molar-refractivity contribution < 1.29 is 56.4 Å². The van der Waals surface area contributed by atoms with Crippen LogP contribution in [-0.4, -0.2) is 55.5 Å². The molecule has 17 heteroatoms. The minimum absolute atomic E-state index is 0.0404. The third kappa shape index (κ3) is 10.6. The molecule has 4 N–H and O–H groups in total. The zero-order chi connectivity index (χ0) is 31.5. The van der Waals surface area contributed by atoms with Crippen LogP contribution in [0.25, 0.3) is 5.70 Å². The maximum absolute atomic E-state index is 13.1. The molecule has 0 aliphatic carbocycles. The van der Waals surface area contributed by atoms with Crippen molar-refractivity contribution in [3.8, 4) is 5.75 Å². The summed E-state index contributed by atoms with van der Waals surface area (Å²) in [4.78, 5) is 34.2. The van der Waals surface area contributed by atoms with Gasteiger partial charge in [-0.05, 0) is 37.1 Å². The van der Waals surface area contributed by atoms with Gasteiger partial charge >= 0.3 is 12.1 Å². The van der Waals surface area contributed by atoms with Gasteiger partial charge in [0.15, 0.2) is 5.70 Å². The number of carbonyl (C=O) groups is 2. The molecule has 42 heavy (non-hydrogen) atoms. The number of nitrogens with zero attached hydrogens (tertiary/aromatic N) is 2. The van der Waals surface area contributed by atoms with Gasteiger partial charge in [0.1, 0.15) is 17.8 Å². The molecular formula is C25H27F3N4O9S. The normalized spacial score (nSPS) is 13.7. The van der Waals surface area contributed by atoms with E-state index in [0.717, 1.165) is 17.3 Å². The summed E-state index contributed by atoms with van der Waals surface area (Å²) in [6.07, 6.45) is -1.49. The van der Waals surface area contributed by atoms with Crippen LogP contribution in [0.3, 0.4) is 0 Å². The van der Waals surface area contributed by atoms with Crippen LogP contribution in [0, 0.1) is 10.1 Å². The predicted molar refractivity (Wildman–Crippen MR) is 139 cm³/mol. The van der Waals surface area contributed by atoms with E-state index in [1.807, 2.05) is 24.3 Å². The second-order valence-corrected chi connectivity index (χ2v) is 10.4. The number of nitrogens with two attached hydrogens (primary N) is 1. The number of amidine groups is 1. The fourth-order valence-corrected chi connectivity index (χ4v) is 4.90. The number of ether oxygens (including phenoxy) is 1. The van der Waals surface area contributed by atoms with Gasteiger partial charge in [-0.1, -0.05) is 25.0 Å². The molecule has 0 aromatic heterocycles. The molecule has 228 valence electrons. The number of methoxy groups -OCH3 is 1. The number of nitrogens with one attached hydrogen (secondary N) is 1. The van der Waals surface area contributed by atoms with E-state index in [4.69, 9.17) is 19.7 Å². The number of non-ortho nitro benzene ring substituents is 1. The highest BCUT2D eigenvalue weighted by Gasteiger charge is 2.31. The number of quaternary nitrogens is 1. The number of halogens is 3. The van der Waals surface area contributed by atoms with Gasteiger partial charge < -0.3 is 19.7 Å². The van der Waals surface area contributed by atoms with Crippen molar-refractivity contribution >= 4 is 39.2 Å². The molecule has 2 aromatic rings. The number of carboxylic acids is 2. The standard InChI is InChI=1S/C23H26N4O7S.C2HF3O2/c1-34-18-9-5-7-16(13-18)21-15-24-23(25-21)20(11-3-2-4-12-22(28)29)26-35(32,33)19-10-6-8-17(14-19)27(30)31;3-2(4,5)1(6)7/h5-10,13-15,20,26H,2-4,11-12H2,1H3,(H,24,25)(H,28,29);(H,6,7)/t20-;/m0./s1. The third-order valence-corrected chi connectivity index (χ3v) is 7.14. The van der Waals surface area contributed by atoms with Gasteiger partial charge in [-0.25, -0.2) is 13.4 Å². The number of rotatable bonds is 13. The minimum atomic E-state index is -5.19. The predicted octanol–water partition coefficient (Wildman–Crippen LogP) is 1.56. The molecule has 1 aliphatic heterocycles. The number of aliphatic carboxylic acids is 2. The number of nitro groups is 1. The van der Waals surface area contributed by atoms with Gasteiger partial charge in [0.25, 0.3) is 5.69 Å². The maximum atomic E-state index is 13.1. The second kappa shape index (κ2) is 15.0.